The van der Waals surface area contributed by atoms with E-state index in [4.69, 9.17) is 10.2 Å². The minimum Gasteiger partial charge on any atom is -0.395 e. The minimum atomic E-state index is -3.38. The van der Waals surface area contributed by atoms with Gasteiger partial charge in [-0.3, -0.25) is 0 Å². The molecule has 2 rings (SSSR count). The summed E-state index contributed by atoms with van der Waals surface area (Å²) in [7, 11) is -3.38. The topological polar surface area (TPSA) is 160 Å². The number of hydrogen-bond donors (Lipinski definition) is 4. The number of hydrogen-bond acceptors (Lipinski definition) is 10. The number of aromatic nitrogens is 1. The molecule has 0 aliphatic carbocycles. The van der Waals surface area contributed by atoms with Gasteiger partial charge in [0.2, 0.25) is 0 Å². The molecule has 1 heterocycles. The summed E-state index contributed by atoms with van der Waals surface area (Å²) in [5.74, 6) is 0.543. The first-order chi connectivity index (χ1) is 14.4. The van der Waals surface area contributed by atoms with Gasteiger partial charge in [0.1, 0.15) is 17.6 Å². The van der Waals surface area contributed by atoms with E-state index in [9.17, 15) is 13.7 Å². The zero-order valence-electron chi connectivity index (χ0n) is 16.8. The largest absolute Gasteiger partial charge is 0.395 e. The Bertz CT molecular complexity index is 1060. The Labute approximate surface area is 175 Å². The van der Waals surface area contributed by atoms with Crippen molar-refractivity contribution in [2.45, 2.75) is 18.7 Å². The first-order valence-electron chi connectivity index (χ1n) is 9.26. The standard InChI is InChI=1S/C19H24N6O4S/c1-3-30(28,29)15-6-4-5-14(11-15)24-25-17-13(2)16(12-20)18(21-7-9-26)23-19(17)22-8-10-27/h4-6,11,26-27H,3,7-10H2,1-2H3,(H2,21,22,23). The van der Waals surface area contributed by atoms with Crippen LogP contribution in [-0.2, 0) is 9.84 Å². The van der Waals surface area contributed by atoms with E-state index in [1.165, 1.54) is 12.1 Å². The van der Waals surface area contributed by atoms with Crippen molar-refractivity contribution in [3.05, 3.63) is 35.4 Å². The maximum Gasteiger partial charge on any atom is 0.178 e. The van der Waals surface area contributed by atoms with Crippen LogP contribution in [0.2, 0.25) is 0 Å². The van der Waals surface area contributed by atoms with Crippen LogP contribution in [0.1, 0.15) is 18.1 Å². The van der Waals surface area contributed by atoms with Gasteiger partial charge >= 0.3 is 0 Å². The molecule has 160 valence electrons. The summed E-state index contributed by atoms with van der Waals surface area (Å²) in [6.07, 6.45) is 0. The van der Waals surface area contributed by atoms with Crippen molar-refractivity contribution >= 4 is 32.8 Å². The Kier molecular flexibility index (Phi) is 8.23. The Hall–Kier alpha value is -3.07. The number of pyridine rings is 1. The molecule has 0 radical (unpaired) electrons. The second-order valence-electron chi connectivity index (χ2n) is 6.17. The highest BCUT2D eigenvalue weighted by molar-refractivity contribution is 7.91. The van der Waals surface area contributed by atoms with Gasteiger partial charge in [-0.05, 0) is 25.1 Å². The van der Waals surface area contributed by atoms with E-state index in [0.717, 1.165) is 0 Å². The third-order valence-electron chi connectivity index (χ3n) is 4.16. The summed E-state index contributed by atoms with van der Waals surface area (Å²) >= 11 is 0. The molecular weight excluding hydrogens is 408 g/mol. The summed E-state index contributed by atoms with van der Waals surface area (Å²) in [4.78, 5) is 4.49. The molecule has 10 nitrogen and oxygen atoms in total. The Morgan fingerprint density at radius 3 is 2.40 bits per heavy atom. The smallest absolute Gasteiger partial charge is 0.178 e. The highest BCUT2D eigenvalue weighted by atomic mass is 32.2. The predicted octanol–water partition coefficient (Wildman–Crippen LogP) is 2.28. The Morgan fingerprint density at radius 1 is 1.13 bits per heavy atom. The van der Waals surface area contributed by atoms with Gasteiger partial charge in [0.05, 0.1) is 35.1 Å². The van der Waals surface area contributed by atoms with Crippen molar-refractivity contribution in [3.63, 3.8) is 0 Å². The molecule has 4 N–H and O–H groups in total. The molecule has 0 spiro atoms. The van der Waals surface area contributed by atoms with Crippen LogP contribution in [0.15, 0.2) is 39.4 Å². The van der Waals surface area contributed by atoms with Crippen molar-refractivity contribution in [2.75, 3.05) is 42.7 Å². The fourth-order valence-corrected chi connectivity index (χ4v) is 3.49. The Morgan fingerprint density at radius 2 is 1.80 bits per heavy atom. The summed E-state index contributed by atoms with van der Waals surface area (Å²) in [5, 5.41) is 41.8. The van der Waals surface area contributed by atoms with Crippen LogP contribution < -0.4 is 10.6 Å². The second kappa shape index (κ2) is 10.6. The van der Waals surface area contributed by atoms with E-state index in [1.807, 2.05) is 0 Å². The number of rotatable bonds is 10. The lowest BCUT2D eigenvalue weighted by molar-refractivity contribution is 0.311. The zero-order valence-corrected chi connectivity index (χ0v) is 17.6. The lowest BCUT2D eigenvalue weighted by atomic mass is 10.1. The van der Waals surface area contributed by atoms with Crippen molar-refractivity contribution in [1.82, 2.24) is 4.98 Å². The Balaban J connectivity index is 2.52. The minimum absolute atomic E-state index is 0.0281. The molecular formula is C19H24N6O4S. The quantitative estimate of drug-likeness (QED) is 0.416. The van der Waals surface area contributed by atoms with E-state index in [2.05, 4.69) is 31.9 Å². The molecule has 1 aromatic carbocycles. The van der Waals surface area contributed by atoms with Crippen molar-refractivity contribution < 1.29 is 18.6 Å². The molecule has 0 unspecified atom stereocenters. The summed E-state index contributed by atoms with van der Waals surface area (Å²) in [6.45, 7) is 3.37. The molecule has 2 aromatic rings. The van der Waals surface area contributed by atoms with Crippen LogP contribution in [0, 0.1) is 18.3 Å². The van der Waals surface area contributed by atoms with E-state index in [0.29, 0.717) is 22.8 Å². The lowest BCUT2D eigenvalue weighted by Crippen LogP contribution is -2.13. The van der Waals surface area contributed by atoms with Gasteiger partial charge in [-0.2, -0.15) is 10.4 Å². The molecule has 0 saturated heterocycles. The second-order valence-corrected chi connectivity index (χ2v) is 8.45. The fraction of sp³-hybridized carbons (Fsp3) is 0.368. The third kappa shape index (κ3) is 5.50. The number of nitrogens with zero attached hydrogens (tertiary/aromatic N) is 4. The van der Waals surface area contributed by atoms with Crippen LogP contribution >= 0.6 is 0 Å². The summed E-state index contributed by atoms with van der Waals surface area (Å²) < 4.78 is 24.2. The number of azo groups is 1. The summed E-state index contributed by atoms with van der Waals surface area (Å²) in [5.41, 5.74) is 1.36. The molecule has 11 heteroatoms. The van der Waals surface area contributed by atoms with E-state index >= 15 is 0 Å². The van der Waals surface area contributed by atoms with Gasteiger partial charge < -0.3 is 20.8 Å². The molecule has 30 heavy (non-hydrogen) atoms. The molecule has 0 amide bonds. The molecule has 0 saturated carbocycles. The van der Waals surface area contributed by atoms with E-state index < -0.39 is 9.84 Å². The first-order valence-corrected chi connectivity index (χ1v) is 10.9. The summed E-state index contributed by atoms with van der Waals surface area (Å²) in [6, 6.07) is 8.18. The highest BCUT2D eigenvalue weighted by Crippen LogP contribution is 2.34. The van der Waals surface area contributed by atoms with E-state index in [1.54, 1.807) is 26.0 Å². The molecule has 0 atom stereocenters. The fourth-order valence-electron chi connectivity index (χ4n) is 2.57. The SMILES string of the molecule is CCS(=O)(=O)c1cccc(N=Nc2c(NCCO)nc(NCCO)c(C#N)c2C)c1. The van der Waals surface area contributed by atoms with Gasteiger partial charge in [-0.15, -0.1) is 5.11 Å². The number of nitrogens with one attached hydrogen (secondary N) is 2. The number of benzene rings is 1. The van der Waals surface area contributed by atoms with Crippen molar-refractivity contribution in [3.8, 4) is 6.07 Å². The predicted molar refractivity (Wildman–Crippen MR) is 113 cm³/mol. The molecule has 0 fully saturated rings. The monoisotopic (exact) mass is 432 g/mol. The van der Waals surface area contributed by atoms with Crippen LogP contribution in [0.25, 0.3) is 0 Å². The molecule has 1 aromatic heterocycles. The van der Waals surface area contributed by atoms with Gasteiger partial charge in [-0.1, -0.05) is 13.0 Å². The van der Waals surface area contributed by atoms with Gasteiger partial charge in [0.25, 0.3) is 0 Å². The maximum atomic E-state index is 12.1. The van der Waals surface area contributed by atoms with Crippen molar-refractivity contribution in [1.29, 1.82) is 5.26 Å². The van der Waals surface area contributed by atoms with Crippen LogP contribution in [0.3, 0.4) is 0 Å². The number of nitriles is 1. The molecule has 0 aliphatic rings. The highest BCUT2D eigenvalue weighted by Gasteiger charge is 2.17. The van der Waals surface area contributed by atoms with Crippen molar-refractivity contribution in [2.24, 2.45) is 10.2 Å². The zero-order chi connectivity index (χ0) is 22.1. The number of anilines is 2. The average molecular weight is 433 g/mol. The van der Waals surface area contributed by atoms with E-state index in [-0.39, 0.29) is 48.3 Å². The van der Waals surface area contributed by atoms with Gasteiger partial charge in [-0.25, -0.2) is 13.4 Å². The normalized spacial score (nSPS) is 11.4. The lowest BCUT2D eigenvalue weighted by Gasteiger charge is -2.14. The maximum absolute atomic E-state index is 12.1. The number of sulfone groups is 1. The van der Waals surface area contributed by atoms with Gasteiger partial charge in [0.15, 0.2) is 15.7 Å². The average Bonchev–Trinajstić information content (AvgIpc) is 2.75. The molecule has 0 bridgehead atoms. The van der Waals surface area contributed by atoms with Crippen LogP contribution in [0.4, 0.5) is 23.0 Å². The third-order valence-corrected chi connectivity index (χ3v) is 5.89. The van der Waals surface area contributed by atoms with Gasteiger partial charge in [0, 0.05) is 18.7 Å². The number of aliphatic hydroxyl groups excluding tert-OH is 2. The van der Waals surface area contributed by atoms with Crippen LogP contribution in [0.5, 0.6) is 0 Å². The first kappa shape index (κ1) is 23.2. The van der Waals surface area contributed by atoms with Crippen LogP contribution in [-0.4, -0.2) is 55.7 Å². The molecule has 0 aliphatic heterocycles. The number of aliphatic hydroxyl groups is 2.